The summed E-state index contributed by atoms with van der Waals surface area (Å²) < 4.78 is 6.80. The summed E-state index contributed by atoms with van der Waals surface area (Å²) in [6.45, 7) is 4.17. The molecule has 0 N–H and O–H groups in total. The van der Waals surface area contributed by atoms with E-state index in [1.54, 1.807) is 24.6 Å². The van der Waals surface area contributed by atoms with Crippen molar-refractivity contribution in [1.29, 1.82) is 0 Å². The van der Waals surface area contributed by atoms with E-state index >= 15 is 0 Å². The molecule has 2 rings (SSSR count). The Morgan fingerprint density at radius 2 is 2.05 bits per heavy atom. The Morgan fingerprint density at radius 1 is 1.33 bits per heavy atom. The van der Waals surface area contributed by atoms with Crippen molar-refractivity contribution < 1.29 is 9.53 Å². The topological polar surface area (TPSA) is 48.3 Å². The van der Waals surface area contributed by atoms with Crippen molar-refractivity contribution in [1.82, 2.24) is 4.57 Å². The summed E-state index contributed by atoms with van der Waals surface area (Å²) in [4.78, 5) is 24.5. The molecule has 112 valence electrons. The predicted octanol–water partition coefficient (Wildman–Crippen LogP) is 2.99. The highest BCUT2D eigenvalue weighted by Gasteiger charge is 2.21. The first-order chi connectivity index (χ1) is 10.1. The SMILES string of the molecule is CCCCOC(=O)C(C)c1cc2ccccc2n(C)c1=O. The second-order valence-electron chi connectivity index (χ2n) is 5.27. The van der Waals surface area contributed by atoms with Crippen LogP contribution in [-0.2, 0) is 16.6 Å². The van der Waals surface area contributed by atoms with Gasteiger partial charge in [0.1, 0.15) is 0 Å². The highest BCUT2D eigenvalue weighted by Crippen LogP contribution is 2.19. The molecule has 1 aromatic heterocycles. The Labute approximate surface area is 124 Å². The van der Waals surface area contributed by atoms with Crippen LogP contribution >= 0.6 is 0 Å². The normalized spacial score (nSPS) is 12.3. The minimum Gasteiger partial charge on any atom is -0.465 e. The number of aromatic nitrogens is 1. The average Bonchev–Trinajstić information content (AvgIpc) is 2.50. The van der Waals surface area contributed by atoms with Gasteiger partial charge in [-0.15, -0.1) is 0 Å². The number of esters is 1. The van der Waals surface area contributed by atoms with Crippen LogP contribution < -0.4 is 5.56 Å². The fraction of sp³-hybridized carbons (Fsp3) is 0.412. The number of ether oxygens (including phenoxy) is 1. The zero-order valence-corrected chi connectivity index (χ0v) is 12.8. The lowest BCUT2D eigenvalue weighted by atomic mass is 10.0. The van der Waals surface area contributed by atoms with Gasteiger partial charge in [-0.25, -0.2) is 0 Å². The lowest BCUT2D eigenvalue weighted by molar-refractivity contribution is -0.145. The van der Waals surface area contributed by atoms with E-state index in [2.05, 4.69) is 0 Å². The number of para-hydroxylation sites is 1. The lowest BCUT2D eigenvalue weighted by Gasteiger charge is -2.14. The van der Waals surface area contributed by atoms with E-state index in [9.17, 15) is 9.59 Å². The van der Waals surface area contributed by atoms with E-state index in [4.69, 9.17) is 4.74 Å². The van der Waals surface area contributed by atoms with Crippen LogP contribution in [0.25, 0.3) is 10.9 Å². The number of carbonyl (C=O) groups excluding carboxylic acids is 1. The van der Waals surface area contributed by atoms with Crippen LogP contribution in [0.3, 0.4) is 0 Å². The van der Waals surface area contributed by atoms with Crippen LogP contribution in [0.4, 0.5) is 0 Å². The van der Waals surface area contributed by atoms with Crippen LogP contribution in [0.5, 0.6) is 0 Å². The van der Waals surface area contributed by atoms with Crippen LogP contribution in [0.15, 0.2) is 35.1 Å². The number of aryl methyl sites for hydroxylation is 1. The monoisotopic (exact) mass is 287 g/mol. The Bertz CT molecular complexity index is 703. The molecule has 0 aliphatic rings. The Kier molecular flexibility index (Phi) is 4.78. The number of fused-ring (bicyclic) bond motifs is 1. The van der Waals surface area contributed by atoms with E-state index < -0.39 is 5.92 Å². The maximum atomic E-state index is 12.4. The smallest absolute Gasteiger partial charge is 0.313 e. The number of hydrogen-bond donors (Lipinski definition) is 0. The number of hydrogen-bond acceptors (Lipinski definition) is 3. The fourth-order valence-electron chi connectivity index (χ4n) is 2.33. The molecule has 21 heavy (non-hydrogen) atoms. The summed E-state index contributed by atoms with van der Waals surface area (Å²) in [5.41, 5.74) is 1.20. The fourth-order valence-corrected chi connectivity index (χ4v) is 2.33. The van der Waals surface area contributed by atoms with Crippen LogP contribution in [0.1, 0.15) is 38.2 Å². The minimum atomic E-state index is -0.551. The number of carbonyl (C=O) groups is 1. The predicted molar refractivity (Wildman–Crippen MR) is 83.5 cm³/mol. The zero-order chi connectivity index (χ0) is 15.4. The third kappa shape index (κ3) is 3.15. The van der Waals surface area contributed by atoms with Gasteiger partial charge in [0.25, 0.3) is 5.56 Å². The third-order valence-corrected chi connectivity index (χ3v) is 3.72. The van der Waals surface area contributed by atoms with Gasteiger partial charge in [0, 0.05) is 12.6 Å². The first-order valence-corrected chi connectivity index (χ1v) is 7.31. The van der Waals surface area contributed by atoms with E-state index in [0.29, 0.717) is 12.2 Å². The minimum absolute atomic E-state index is 0.145. The molecule has 0 aliphatic heterocycles. The first-order valence-electron chi connectivity index (χ1n) is 7.31. The summed E-state index contributed by atoms with van der Waals surface area (Å²) in [6.07, 6.45) is 1.81. The van der Waals surface area contributed by atoms with Crippen LogP contribution in [0, 0.1) is 0 Å². The van der Waals surface area contributed by atoms with E-state index in [0.717, 1.165) is 23.7 Å². The molecule has 0 saturated carbocycles. The molecule has 4 nitrogen and oxygen atoms in total. The summed E-state index contributed by atoms with van der Waals surface area (Å²) in [6, 6.07) is 9.44. The third-order valence-electron chi connectivity index (χ3n) is 3.72. The summed E-state index contributed by atoms with van der Waals surface area (Å²) in [5, 5.41) is 0.947. The Balaban J connectivity index is 2.35. The maximum absolute atomic E-state index is 12.4. The number of unbranched alkanes of at least 4 members (excludes halogenated alkanes) is 1. The molecule has 2 aromatic rings. The van der Waals surface area contributed by atoms with Gasteiger partial charge in [0.05, 0.1) is 18.0 Å². The molecular weight excluding hydrogens is 266 g/mol. The molecule has 1 heterocycles. The largest absolute Gasteiger partial charge is 0.465 e. The molecular formula is C17H21NO3. The number of benzene rings is 1. The van der Waals surface area contributed by atoms with Crippen LogP contribution in [0.2, 0.25) is 0 Å². The number of rotatable bonds is 5. The van der Waals surface area contributed by atoms with Gasteiger partial charge in [-0.05, 0) is 30.9 Å². The maximum Gasteiger partial charge on any atom is 0.313 e. The highest BCUT2D eigenvalue weighted by molar-refractivity contribution is 5.83. The molecule has 0 bridgehead atoms. The second-order valence-corrected chi connectivity index (χ2v) is 5.27. The summed E-state index contributed by atoms with van der Waals surface area (Å²) in [5.74, 6) is -0.888. The van der Waals surface area contributed by atoms with Gasteiger partial charge in [-0.2, -0.15) is 0 Å². The molecule has 0 saturated heterocycles. The highest BCUT2D eigenvalue weighted by atomic mass is 16.5. The van der Waals surface area contributed by atoms with Gasteiger partial charge in [-0.3, -0.25) is 9.59 Å². The molecule has 1 aromatic carbocycles. The van der Waals surface area contributed by atoms with Crippen molar-refractivity contribution in [3.63, 3.8) is 0 Å². The Morgan fingerprint density at radius 3 is 2.76 bits per heavy atom. The molecule has 1 atom stereocenters. The van der Waals surface area contributed by atoms with Gasteiger partial charge < -0.3 is 9.30 Å². The zero-order valence-electron chi connectivity index (χ0n) is 12.8. The molecule has 0 spiro atoms. The molecule has 0 aliphatic carbocycles. The summed E-state index contributed by atoms with van der Waals surface area (Å²) in [7, 11) is 1.73. The summed E-state index contributed by atoms with van der Waals surface area (Å²) >= 11 is 0. The number of nitrogens with zero attached hydrogens (tertiary/aromatic N) is 1. The van der Waals surface area contributed by atoms with Gasteiger partial charge in [0.2, 0.25) is 0 Å². The molecule has 0 amide bonds. The van der Waals surface area contributed by atoms with E-state index in [1.165, 1.54) is 0 Å². The van der Waals surface area contributed by atoms with E-state index in [1.807, 2.05) is 31.2 Å². The van der Waals surface area contributed by atoms with Gasteiger partial charge in [-0.1, -0.05) is 31.5 Å². The van der Waals surface area contributed by atoms with Crippen molar-refractivity contribution in [3.8, 4) is 0 Å². The van der Waals surface area contributed by atoms with Crippen molar-refractivity contribution in [2.45, 2.75) is 32.6 Å². The van der Waals surface area contributed by atoms with Gasteiger partial charge >= 0.3 is 5.97 Å². The average molecular weight is 287 g/mol. The molecule has 1 unspecified atom stereocenters. The Hall–Kier alpha value is -2.10. The van der Waals surface area contributed by atoms with Gasteiger partial charge in [0.15, 0.2) is 0 Å². The number of pyridine rings is 1. The van der Waals surface area contributed by atoms with E-state index in [-0.39, 0.29) is 11.5 Å². The molecule has 0 radical (unpaired) electrons. The quantitative estimate of drug-likeness (QED) is 0.627. The van der Waals surface area contributed by atoms with Crippen molar-refractivity contribution in [2.24, 2.45) is 7.05 Å². The first kappa shape index (κ1) is 15.3. The van der Waals surface area contributed by atoms with Crippen molar-refractivity contribution in [3.05, 3.63) is 46.2 Å². The standard InChI is InChI=1S/C17H21NO3/c1-4-5-10-21-17(20)12(2)14-11-13-8-6-7-9-15(13)18(3)16(14)19/h6-9,11-12H,4-5,10H2,1-3H3. The van der Waals surface area contributed by atoms with Crippen molar-refractivity contribution >= 4 is 16.9 Å². The lowest BCUT2D eigenvalue weighted by Crippen LogP contribution is -2.26. The molecule has 4 heteroatoms. The molecule has 0 fully saturated rings. The van der Waals surface area contributed by atoms with Crippen LogP contribution in [-0.4, -0.2) is 17.1 Å². The second kappa shape index (κ2) is 6.57. The van der Waals surface area contributed by atoms with Crippen molar-refractivity contribution in [2.75, 3.05) is 6.61 Å².